The lowest BCUT2D eigenvalue weighted by Gasteiger charge is -2.14. The lowest BCUT2D eigenvalue weighted by atomic mass is 10.00. The Balaban J connectivity index is 2.57. The molecular formula is C15H17BrN2O2. The molecule has 0 aliphatic rings. The summed E-state index contributed by atoms with van der Waals surface area (Å²) >= 11 is 3.20. The first kappa shape index (κ1) is 14.8. The molecule has 106 valence electrons. The van der Waals surface area contributed by atoms with Gasteiger partial charge in [-0.05, 0) is 53.4 Å². The smallest absolute Gasteiger partial charge is 0.295 e. The van der Waals surface area contributed by atoms with Crippen LogP contribution in [0.5, 0.6) is 0 Å². The topological polar surface area (TPSA) is 44.0 Å². The normalized spacial score (nSPS) is 10.8. The van der Waals surface area contributed by atoms with E-state index in [1.54, 1.807) is 10.8 Å². The van der Waals surface area contributed by atoms with Gasteiger partial charge in [-0.1, -0.05) is 17.7 Å². The minimum Gasteiger partial charge on any atom is -0.295 e. The minimum absolute atomic E-state index is 0.308. The molecule has 0 unspecified atom stereocenters. The van der Waals surface area contributed by atoms with Crippen LogP contribution in [0.15, 0.2) is 32.4 Å². The quantitative estimate of drug-likeness (QED) is 0.844. The van der Waals surface area contributed by atoms with Crippen LogP contribution < -0.4 is 11.2 Å². The third kappa shape index (κ3) is 2.63. The van der Waals surface area contributed by atoms with Crippen molar-refractivity contribution in [2.75, 3.05) is 0 Å². The van der Waals surface area contributed by atoms with Crippen molar-refractivity contribution in [1.82, 2.24) is 9.13 Å². The highest BCUT2D eigenvalue weighted by Gasteiger charge is 2.10. The van der Waals surface area contributed by atoms with Gasteiger partial charge in [-0.25, -0.2) is 4.79 Å². The molecule has 20 heavy (non-hydrogen) atoms. The molecule has 0 saturated carbocycles. The fourth-order valence-electron chi connectivity index (χ4n) is 2.43. The Kier molecular flexibility index (Phi) is 3.99. The second-order valence-electron chi connectivity index (χ2n) is 5.13. The van der Waals surface area contributed by atoms with Crippen LogP contribution in [-0.4, -0.2) is 9.13 Å². The number of benzene rings is 1. The maximum atomic E-state index is 12.1. The molecule has 0 fully saturated rings. The monoisotopic (exact) mass is 336 g/mol. The number of rotatable bonds is 2. The molecule has 2 rings (SSSR count). The van der Waals surface area contributed by atoms with E-state index < -0.39 is 0 Å². The number of aryl methyl sites for hydroxylation is 3. The van der Waals surface area contributed by atoms with Crippen molar-refractivity contribution < 1.29 is 0 Å². The summed E-state index contributed by atoms with van der Waals surface area (Å²) in [6, 6.07) is 4.20. The summed E-state index contributed by atoms with van der Waals surface area (Å²) < 4.78 is 3.06. The third-order valence-electron chi connectivity index (χ3n) is 3.48. The number of hydrogen-bond donors (Lipinski definition) is 0. The first-order valence-electron chi connectivity index (χ1n) is 6.34. The van der Waals surface area contributed by atoms with Crippen LogP contribution in [-0.2, 0) is 13.6 Å². The van der Waals surface area contributed by atoms with Gasteiger partial charge in [0.05, 0.1) is 11.0 Å². The van der Waals surface area contributed by atoms with E-state index in [1.165, 1.54) is 12.6 Å². The zero-order valence-electron chi connectivity index (χ0n) is 12.0. The van der Waals surface area contributed by atoms with Gasteiger partial charge in [0.1, 0.15) is 0 Å². The predicted molar refractivity (Wildman–Crippen MR) is 83.4 cm³/mol. The van der Waals surface area contributed by atoms with E-state index in [0.717, 1.165) is 21.3 Å². The molecule has 2 aromatic rings. The molecule has 0 spiro atoms. The number of halogens is 1. The van der Waals surface area contributed by atoms with E-state index in [-0.39, 0.29) is 11.2 Å². The molecule has 0 bridgehead atoms. The molecule has 1 heterocycles. The van der Waals surface area contributed by atoms with Crippen LogP contribution in [0.1, 0.15) is 22.3 Å². The Hall–Kier alpha value is -1.62. The van der Waals surface area contributed by atoms with E-state index >= 15 is 0 Å². The van der Waals surface area contributed by atoms with Crippen LogP contribution in [0.2, 0.25) is 0 Å². The lowest BCUT2D eigenvalue weighted by molar-refractivity contribution is 0.637. The number of aromatic nitrogens is 2. The van der Waals surface area contributed by atoms with Gasteiger partial charge < -0.3 is 0 Å². The number of nitrogens with zero attached hydrogens (tertiary/aromatic N) is 2. The standard InChI is InChI=1S/C15H17BrN2O2/c1-9-5-10(2)12(11(3)6-9)7-18-8-13(16)14(19)17(4)15(18)20/h5-6,8H,7H2,1-4H3. The second kappa shape index (κ2) is 5.40. The first-order chi connectivity index (χ1) is 9.31. The summed E-state index contributed by atoms with van der Waals surface area (Å²) in [5.74, 6) is 0. The Morgan fingerprint density at radius 2 is 1.65 bits per heavy atom. The molecular weight excluding hydrogens is 320 g/mol. The molecule has 0 aliphatic heterocycles. The molecule has 1 aromatic heterocycles. The highest BCUT2D eigenvalue weighted by Crippen LogP contribution is 2.17. The first-order valence-corrected chi connectivity index (χ1v) is 7.13. The largest absolute Gasteiger partial charge is 0.331 e. The summed E-state index contributed by atoms with van der Waals surface area (Å²) in [5, 5.41) is 0. The minimum atomic E-state index is -0.316. The van der Waals surface area contributed by atoms with Gasteiger partial charge in [-0.2, -0.15) is 0 Å². The Bertz CT molecular complexity index is 764. The van der Waals surface area contributed by atoms with E-state index in [1.807, 2.05) is 13.8 Å². The Labute approximate surface area is 125 Å². The summed E-state index contributed by atoms with van der Waals surface area (Å²) in [6.07, 6.45) is 1.56. The van der Waals surface area contributed by atoms with E-state index in [4.69, 9.17) is 0 Å². The third-order valence-corrected chi connectivity index (χ3v) is 4.02. The van der Waals surface area contributed by atoms with Gasteiger partial charge >= 0.3 is 5.69 Å². The van der Waals surface area contributed by atoms with Gasteiger partial charge in [0, 0.05) is 13.2 Å². The van der Waals surface area contributed by atoms with Gasteiger partial charge in [0.15, 0.2) is 0 Å². The van der Waals surface area contributed by atoms with E-state index in [0.29, 0.717) is 11.0 Å². The summed E-state index contributed by atoms with van der Waals surface area (Å²) in [7, 11) is 1.49. The zero-order valence-corrected chi connectivity index (χ0v) is 13.6. The molecule has 0 aliphatic carbocycles. The molecule has 0 N–H and O–H groups in total. The van der Waals surface area contributed by atoms with Crippen LogP contribution in [0.4, 0.5) is 0 Å². The molecule has 1 aromatic carbocycles. The van der Waals surface area contributed by atoms with Crippen molar-refractivity contribution in [2.24, 2.45) is 7.05 Å². The lowest BCUT2D eigenvalue weighted by Crippen LogP contribution is -2.38. The fourth-order valence-corrected chi connectivity index (χ4v) is 2.94. The van der Waals surface area contributed by atoms with Crippen LogP contribution >= 0.6 is 15.9 Å². The average molecular weight is 337 g/mol. The fraction of sp³-hybridized carbons (Fsp3) is 0.333. The molecule has 0 saturated heterocycles. The van der Waals surface area contributed by atoms with Gasteiger partial charge in [-0.15, -0.1) is 0 Å². The maximum Gasteiger partial charge on any atom is 0.331 e. The SMILES string of the molecule is Cc1cc(C)c(Cn2cc(Br)c(=O)n(C)c2=O)c(C)c1. The van der Waals surface area contributed by atoms with Crippen molar-refractivity contribution in [3.63, 3.8) is 0 Å². The average Bonchev–Trinajstić information content (AvgIpc) is 2.37. The molecule has 0 atom stereocenters. The number of hydrogen-bond acceptors (Lipinski definition) is 2. The van der Waals surface area contributed by atoms with Crippen LogP contribution in [0.25, 0.3) is 0 Å². The summed E-state index contributed by atoms with van der Waals surface area (Å²) in [6.45, 7) is 6.59. The summed E-state index contributed by atoms with van der Waals surface area (Å²) in [4.78, 5) is 23.8. The molecule has 5 heteroatoms. The highest BCUT2D eigenvalue weighted by molar-refractivity contribution is 9.10. The summed E-state index contributed by atoms with van der Waals surface area (Å²) in [5.41, 5.74) is 4.00. The second-order valence-corrected chi connectivity index (χ2v) is 5.98. The Morgan fingerprint density at radius 1 is 1.10 bits per heavy atom. The van der Waals surface area contributed by atoms with Gasteiger partial charge in [0.25, 0.3) is 5.56 Å². The zero-order chi connectivity index (χ0) is 15.0. The predicted octanol–water partition coefficient (Wildman–Crippen LogP) is 2.28. The van der Waals surface area contributed by atoms with Crippen molar-refractivity contribution in [2.45, 2.75) is 27.3 Å². The Morgan fingerprint density at radius 3 is 2.20 bits per heavy atom. The van der Waals surface area contributed by atoms with E-state index in [9.17, 15) is 9.59 Å². The van der Waals surface area contributed by atoms with Crippen molar-refractivity contribution >= 4 is 15.9 Å². The van der Waals surface area contributed by atoms with Crippen molar-refractivity contribution in [3.8, 4) is 0 Å². The van der Waals surface area contributed by atoms with Crippen LogP contribution in [0.3, 0.4) is 0 Å². The molecule has 0 radical (unpaired) electrons. The van der Waals surface area contributed by atoms with Gasteiger partial charge in [-0.3, -0.25) is 13.9 Å². The van der Waals surface area contributed by atoms with Crippen LogP contribution in [0, 0.1) is 20.8 Å². The highest BCUT2D eigenvalue weighted by atomic mass is 79.9. The van der Waals surface area contributed by atoms with Crippen molar-refractivity contribution in [1.29, 1.82) is 0 Å². The molecule has 0 amide bonds. The molecule has 4 nitrogen and oxygen atoms in total. The van der Waals surface area contributed by atoms with Gasteiger partial charge in [0.2, 0.25) is 0 Å². The van der Waals surface area contributed by atoms with E-state index in [2.05, 4.69) is 35.0 Å². The van der Waals surface area contributed by atoms with Crippen molar-refractivity contribution in [3.05, 3.63) is 65.9 Å². The maximum absolute atomic E-state index is 12.1.